The monoisotopic (exact) mass is 350 g/mol. The van der Waals surface area contributed by atoms with Crippen LogP contribution in [0.2, 0.25) is 0 Å². The van der Waals surface area contributed by atoms with Gasteiger partial charge in [0.15, 0.2) is 0 Å². The second kappa shape index (κ2) is 7.87. The molecule has 0 aliphatic carbocycles. The molecule has 2 amide bonds. The number of anilines is 1. The maximum absolute atomic E-state index is 13.0. The Hall–Kier alpha value is -3.08. The molecule has 0 atom stereocenters. The number of hydrogen-bond donors (Lipinski definition) is 2. The maximum Gasteiger partial charge on any atom is 0.258 e. The van der Waals surface area contributed by atoms with Crippen molar-refractivity contribution in [2.75, 3.05) is 11.4 Å². The van der Waals surface area contributed by atoms with Crippen molar-refractivity contribution < 1.29 is 14.7 Å². The number of benzene rings is 2. The normalized spacial score (nSPS) is 13.5. The van der Waals surface area contributed by atoms with E-state index in [0.29, 0.717) is 18.7 Å². The molecule has 134 valence electrons. The highest BCUT2D eigenvalue weighted by Crippen LogP contribution is 2.30. The quantitative estimate of drug-likeness (QED) is 0.832. The molecule has 2 aromatic rings. The molecule has 0 spiro atoms. The van der Waals surface area contributed by atoms with E-state index >= 15 is 0 Å². The minimum atomic E-state index is -0.227. The molecule has 0 saturated heterocycles. The van der Waals surface area contributed by atoms with Crippen molar-refractivity contribution in [1.29, 1.82) is 0 Å². The van der Waals surface area contributed by atoms with Crippen LogP contribution in [0.1, 0.15) is 34.3 Å². The molecule has 0 unspecified atom stereocenters. The average molecular weight is 350 g/mol. The zero-order valence-corrected chi connectivity index (χ0v) is 14.6. The number of aryl methyl sites for hydroxylation is 1. The number of amides is 2. The summed E-state index contributed by atoms with van der Waals surface area (Å²) in [4.78, 5) is 26.0. The fourth-order valence-corrected chi connectivity index (χ4v) is 3.13. The van der Waals surface area contributed by atoms with Crippen LogP contribution in [-0.2, 0) is 17.8 Å². The summed E-state index contributed by atoms with van der Waals surface area (Å²) in [7, 11) is 0. The van der Waals surface area contributed by atoms with Gasteiger partial charge < -0.3 is 15.3 Å². The van der Waals surface area contributed by atoms with Crippen molar-refractivity contribution in [2.24, 2.45) is 0 Å². The molecular formula is C21H22N2O3. The van der Waals surface area contributed by atoms with Crippen molar-refractivity contribution in [2.45, 2.75) is 25.8 Å². The molecule has 1 heterocycles. The fourth-order valence-electron chi connectivity index (χ4n) is 3.13. The first-order chi connectivity index (χ1) is 12.6. The summed E-state index contributed by atoms with van der Waals surface area (Å²) in [6, 6.07) is 12.4. The second-order valence-electron chi connectivity index (χ2n) is 6.35. The Morgan fingerprint density at radius 3 is 2.65 bits per heavy atom. The first-order valence-electron chi connectivity index (χ1n) is 8.71. The topological polar surface area (TPSA) is 69.6 Å². The summed E-state index contributed by atoms with van der Waals surface area (Å²) in [5.74, 6) is -0.0564. The van der Waals surface area contributed by atoms with Gasteiger partial charge in [-0.15, -0.1) is 0 Å². The van der Waals surface area contributed by atoms with Crippen LogP contribution in [0.5, 0.6) is 5.75 Å². The first kappa shape index (κ1) is 17.7. The number of nitrogens with zero attached hydrogens (tertiary/aromatic N) is 1. The first-order valence-corrected chi connectivity index (χ1v) is 8.71. The molecule has 0 aromatic heterocycles. The standard InChI is InChI=1S/C21H22N2O3/c1-2-20(25)22-14-15-6-8-16(9-7-15)21(26)23-12-4-3-5-17-13-18(24)10-11-19(17)23/h2,6-11,13,24H,1,3-5,12,14H2,(H,22,25). The van der Waals surface area contributed by atoms with Gasteiger partial charge in [0.05, 0.1) is 0 Å². The minimum absolute atomic E-state index is 0.0551. The van der Waals surface area contributed by atoms with E-state index in [9.17, 15) is 14.7 Å². The highest BCUT2D eigenvalue weighted by molar-refractivity contribution is 6.06. The Morgan fingerprint density at radius 2 is 1.92 bits per heavy atom. The van der Waals surface area contributed by atoms with Crippen molar-refractivity contribution in [3.63, 3.8) is 0 Å². The zero-order valence-electron chi connectivity index (χ0n) is 14.6. The highest BCUT2D eigenvalue weighted by Gasteiger charge is 2.22. The van der Waals surface area contributed by atoms with Gasteiger partial charge >= 0.3 is 0 Å². The van der Waals surface area contributed by atoms with Gasteiger partial charge in [-0.3, -0.25) is 9.59 Å². The summed E-state index contributed by atoms with van der Waals surface area (Å²) in [6.45, 7) is 4.47. The van der Waals surface area contributed by atoms with Crippen molar-refractivity contribution in [3.8, 4) is 5.75 Å². The number of aromatic hydroxyl groups is 1. The molecule has 26 heavy (non-hydrogen) atoms. The van der Waals surface area contributed by atoms with Crippen LogP contribution in [0.15, 0.2) is 55.1 Å². The summed E-state index contributed by atoms with van der Waals surface area (Å²) in [5, 5.41) is 12.4. The number of phenols is 1. The predicted octanol–water partition coefficient (Wildman–Crippen LogP) is 3.18. The third-order valence-corrected chi connectivity index (χ3v) is 4.53. The second-order valence-corrected chi connectivity index (χ2v) is 6.35. The van der Waals surface area contributed by atoms with Crippen molar-refractivity contribution in [1.82, 2.24) is 5.32 Å². The summed E-state index contributed by atoms with van der Waals surface area (Å²) in [6.07, 6.45) is 4.00. The molecule has 1 aliphatic heterocycles. The van der Waals surface area contributed by atoms with Crippen LogP contribution in [0, 0.1) is 0 Å². The number of fused-ring (bicyclic) bond motifs is 1. The van der Waals surface area contributed by atoms with Crippen molar-refractivity contribution >= 4 is 17.5 Å². The van der Waals surface area contributed by atoms with Gasteiger partial charge in [-0.2, -0.15) is 0 Å². The number of phenolic OH excluding ortho intramolecular Hbond substituents is 1. The van der Waals surface area contributed by atoms with E-state index in [-0.39, 0.29) is 17.6 Å². The lowest BCUT2D eigenvalue weighted by molar-refractivity contribution is -0.116. The van der Waals surface area contributed by atoms with Crippen LogP contribution in [-0.4, -0.2) is 23.5 Å². The summed E-state index contributed by atoms with van der Waals surface area (Å²) < 4.78 is 0. The molecule has 5 heteroatoms. The molecular weight excluding hydrogens is 328 g/mol. The molecule has 0 radical (unpaired) electrons. The Bertz CT molecular complexity index is 828. The van der Waals surface area contributed by atoms with Gasteiger partial charge in [-0.25, -0.2) is 0 Å². The Balaban J connectivity index is 1.79. The highest BCUT2D eigenvalue weighted by atomic mass is 16.3. The fraction of sp³-hybridized carbons (Fsp3) is 0.238. The van der Waals surface area contributed by atoms with Crippen molar-refractivity contribution in [3.05, 3.63) is 71.8 Å². The molecule has 5 nitrogen and oxygen atoms in total. The third kappa shape index (κ3) is 3.94. The Labute approximate surface area is 153 Å². The van der Waals surface area contributed by atoms with E-state index < -0.39 is 0 Å². The van der Waals surface area contributed by atoms with Crippen LogP contribution >= 0.6 is 0 Å². The molecule has 1 aliphatic rings. The van der Waals surface area contributed by atoms with Gasteiger partial charge in [-0.05, 0) is 66.8 Å². The SMILES string of the molecule is C=CC(=O)NCc1ccc(C(=O)N2CCCCc3cc(O)ccc32)cc1. The molecule has 0 fully saturated rings. The summed E-state index contributed by atoms with van der Waals surface area (Å²) in [5.41, 5.74) is 3.38. The van der Waals surface area contributed by atoms with E-state index in [1.165, 1.54) is 6.08 Å². The van der Waals surface area contributed by atoms with Gasteiger partial charge in [0.2, 0.25) is 5.91 Å². The number of rotatable bonds is 4. The lowest BCUT2D eigenvalue weighted by Crippen LogP contribution is -2.31. The van der Waals surface area contributed by atoms with E-state index in [1.807, 2.05) is 18.2 Å². The van der Waals surface area contributed by atoms with Crippen LogP contribution in [0.4, 0.5) is 5.69 Å². The number of carbonyl (C=O) groups is 2. The van der Waals surface area contributed by atoms with Gasteiger partial charge in [-0.1, -0.05) is 18.7 Å². The Morgan fingerprint density at radius 1 is 1.15 bits per heavy atom. The average Bonchev–Trinajstić information content (AvgIpc) is 2.87. The Kier molecular flexibility index (Phi) is 5.37. The molecule has 2 aromatic carbocycles. The number of nitrogens with one attached hydrogen (secondary N) is 1. The number of carbonyl (C=O) groups excluding carboxylic acids is 2. The third-order valence-electron chi connectivity index (χ3n) is 4.53. The van der Waals surface area contributed by atoms with E-state index in [0.717, 1.165) is 36.1 Å². The summed E-state index contributed by atoms with van der Waals surface area (Å²) >= 11 is 0. The smallest absolute Gasteiger partial charge is 0.258 e. The lowest BCUT2D eigenvalue weighted by Gasteiger charge is -2.23. The number of hydrogen-bond acceptors (Lipinski definition) is 3. The molecule has 3 rings (SSSR count). The minimum Gasteiger partial charge on any atom is -0.508 e. The predicted molar refractivity (Wildman–Crippen MR) is 101 cm³/mol. The zero-order chi connectivity index (χ0) is 18.5. The van der Waals surface area contributed by atoms with Gasteiger partial charge in [0, 0.05) is 24.3 Å². The molecule has 2 N–H and O–H groups in total. The largest absolute Gasteiger partial charge is 0.508 e. The van der Waals surface area contributed by atoms with E-state index in [2.05, 4.69) is 11.9 Å². The van der Waals surface area contributed by atoms with Crippen LogP contribution < -0.4 is 10.2 Å². The maximum atomic E-state index is 13.0. The van der Waals surface area contributed by atoms with Gasteiger partial charge in [0.1, 0.15) is 5.75 Å². The molecule has 0 saturated carbocycles. The lowest BCUT2D eigenvalue weighted by atomic mass is 10.1. The van der Waals surface area contributed by atoms with Gasteiger partial charge in [0.25, 0.3) is 5.91 Å². The van der Waals surface area contributed by atoms with Crippen LogP contribution in [0.25, 0.3) is 0 Å². The molecule has 0 bridgehead atoms. The van der Waals surface area contributed by atoms with E-state index in [1.54, 1.807) is 29.2 Å². The van der Waals surface area contributed by atoms with E-state index in [4.69, 9.17) is 0 Å². The van der Waals surface area contributed by atoms with Crippen LogP contribution in [0.3, 0.4) is 0 Å².